The highest BCUT2D eigenvalue weighted by atomic mass is 16.3. The van der Waals surface area contributed by atoms with Crippen LogP contribution in [-0.2, 0) is 0 Å². The fourth-order valence-corrected chi connectivity index (χ4v) is 3.92. The molecule has 5 heteroatoms. The van der Waals surface area contributed by atoms with Crippen molar-refractivity contribution in [3.8, 4) is 17.2 Å². The lowest BCUT2D eigenvalue weighted by Crippen LogP contribution is -2.40. The smallest absolute Gasteiger partial charge is 0.0991 e. The topological polar surface area (TPSA) is 72.2 Å². The lowest BCUT2D eigenvalue weighted by molar-refractivity contribution is 0.168. The van der Waals surface area contributed by atoms with Gasteiger partial charge in [0, 0.05) is 49.1 Å². The minimum Gasteiger partial charge on any atom is -0.395 e. The Morgan fingerprint density at radius 1 is 1.14 bits per heavy atom. The number of nitriles is 1. The van der Waals surface area contributed by atoms with Crippen molar-refractivity contribution in [1.29, 1.82) is 5.26 Å². The molecule has 0 bridgehead atoms. The van der Waals surface area contributed by atoms with Gasteiger partial charge in [0.05, 0.1) is 18.2 Å². The van der Waals surface area contributed by atoms with E-state index in [9.17, 15) is 5.26 Å². The van der Waals surface area contributed by atoms with Crippen LogP contribution >= 0.6 is 0 Å². The van der Waals surface area contributed by atoms with Crippen LogP contribution in [0.4, 0.5) is 5.69 Å². The van der Waals surface area contributed by atoms with Gasteiger partial charge in [-0.2, -0.15) is 5.26 Å². The summed E-state index contributed by atoms with van der Waals surface area (Å²) in [7, 11) is 0. The minimum absolute atomic E-state index is 0.220. The number of aliphatic hydroxyl groups excluding tert-OH is 1. The molecular weight excluding hydrogens is 348 g/mol. The third kappa shape index (κ3) is 3.99. The molecule has 2 N–H and O–H groups in total. The molecular formula is C23H24N4O. The summed E-state index contributed by atoms with van der Waals surface area (Å²) in [6, 6.07) is 16.7. The zero-order valence-electron chi connectivity index (χ0n) is 15.8. The zero-order valence-corrected chi connectivity index (χ0v) is 15.8. The Labute approximate surface area is 165 Å². The van der Waals surface area contributed by atoms with Crippen molar-refractivity contribution in [3.63, 3.8) is 0 Å². The Balaban J connectivity index is 1.65. The second-order valence-corrected chi connectivity index (χ2v) is 7.30. The summed E-state index contributed by atoms with van der Waals surface area (Å²) in [4.78, 5) is 6.62. The van der Waals surface area contributed by atoms with Crippen molar-refractivity contribution in [3.05, 3.63) is 60.4 Å². The number of β-amino-alcohol motifs (C(OH)–C–C–N with tert-alkyl or cyclic N) is 1. The molecule has 142 valence electrons. The van der Waals surface area contributed by atoms with E-state index >= 15 is 0 Å². The molecule has 0 atom stereocenters. The van der Waals surface area contributed by atoms with Gasteiger partial charge < -0.3 is 15.3 Å². The van der Waals surface area contributed by atoms with E-state index in [0.29, 0.717) is 11.6 Å². The predicted octanol–water partition coefficient (Wildman–Crippen LogP) is 3.64. The van der Waals surface area contributed by atoms with Gasteiger partial charge in [-0.3, -0.25) is 4.98 Å². The van der Waals surface area contributed by atoms with E-state index in [1.807, 2.05) is 42.7 Å². The Hall–Kier alpha value is -2.94. The van der Waals surface area contributed by atoms with Crippen LogP contribution in [0.15, 0.2) is 54.9 Å². The first-order chi connectivity index (χ1) is 13.8. The highest BCUT2D eigenvalue weighted by Gasteiger charge is 2.19. The summed E-state index contributed by atoms with van der Waals surface area (Å²) in [6.45, 7) is 2.97. The molecule has 2 heterocycles. The number of likely N-dealkylation sites (tertiary alicyclic amines) is 1. The first-order valence-corrected chi connectivity index (χ1v) is 9.75. The first-order valence-electron chi connectivity index (χ1n) is 9.75. The number of hydrogen-bond donors (Lipinski definition) is 2. The predicted molar refractivity (Wildman–Crippen MR) is 112 cm³/mol. The number of aromatic nitrogens is 1. The van der Waals surface area contributed by atoms with Crippen molar-refractivity contribution in [1.82, 2.24) is 9.88 Å². The molecule has 2 aromatic carbocycles. The molecule has 1 aliphatic heterocycles. The van der Waals surface area contributed by atoms with Gasteiger partial charge in [-0.05, 0) is 59.7 Å². The molecule has 1 aliphatic rings. The van der Waals surface area contributed by atoms with Crippen LogP contribution in [0.5, 0.6) is 0 Å². The van der Waals surface area contributed by atoms with Crippen LogP contribution in [0.2, 0.25) is 0 Å². The molecule has 5 nitrogen and oxygen atoms in total. The van der Waals surface area contributed by atoms with E-state index in [0.717, 1.165) is 60.1 Å². The molecule has 1 fully saturated rings. The molecule has 0 radical (unpaired) electrons. The maximum Gasteiger partial charge on any atom is 0.0991 e. The van der Waals surface area contributed by atoms with Crippen LogP contribution in [0, 0.1) is 11.3 Å². The average molecular weight is 372 g/mol. The molecule has 4 rings (SSSR count). The molecule has 28 heavy (non-hydrogen) atoms. The van der Waals surface area contributed by atoms with Crippen LogP contribution in [0.1, 0.15) is 18.4 Å². The first kappa shape index (κ1) is 18.4. The fourth-order valence-electron chi connectivity index (χ4n) is 3.92. The molecule has 0 unspecified atom stereocenters. The van der Waals surface area contributed by atoms with Crippen molar-refractivity contribution in [2.75, 3.05) is 31.6 Å². The summed E-state index contributed by atoms with van der Waals surface area (Å²) >= 11 is 0. The number of nitrogens with one attached hydrogen (secondary N) is 1. The van der Waals surface area contributed by atoms with Crippen molar-refractivity contribution >= 4 is 16.5 Å². The summed E-state index contributed by atoms with van der Waals surface area (Å²) in [6.07, 6.45) is 5.83. The van der Waals surface area contributed by atoms with Gasteiger partial charge in [0.2, 0.25) is 0 Å². The third-order valence-corrected chi connectivity index (χ3v) is 5.44. The highest BCUT2D eigenvalue weighted by Crippen LogP contribution is 2.32. The molecule has 1 saturated heterocycles. The molecule has 0 aliphatic carbocycles. The van der Waals surface area contributed by atoms with Crippen LogP contribution in [-0.4, -0.2) is 47.3 Å². The van der Waals surface area contributed by atoms with E-state index in [1.54, 1.807) is 0 Å². The van der Waals surface area contributed by atoms with Gasteiger partial charge in [0.25, 0.3) is 0 Å². The Morgan fingerprint density at radius 2 is 2.00 bits per heavy atom. The maximum absolute atomic E-state index is 9.22. The summed E-state index contributed by atoms with van der Waals surface area (Å²) < 4.78 is 0. The van der Waals surface area contributed by atoms with E-state index in [2.05, 4.69) is 33.4 Å². The number of piperidine rings is 1. The number of nitrogens with zero attached hydrogens (tertiary/aromatic N) is 3. The number of rotatable bonds is 5. The number of hydrogen-bond acceptors (Lipinski definition) is 5. The van der Waals surface area contributed by atoms with Crippen molar-refractivity contribution < 1.29 is 5.11 Å². The van der Waals surface area contributed by atoms with Crippen LogP contribution < -0.4 is 5.32 Å². The second kappa shape index (κ2) is 8.39. The molecule has 0 saturated carbocycles. The van der Waals surface area contributed by atoms with Gasteiger partial charge in [-0.25, -0.2) is 0 Å². The van der Waals surface area contributed by atoms with Crippen molar-refractivity contribution in [2.24, 2.45) is 0 Å². The second-order valence-electron chi connectivity index (χ2n) is 7.30. The Kier molecular flexibility index (Phi) is 5.52. The monoisotopic (exact) mass is 372 g/mol. The number of fused-ring (bicyclic) bond motifs is 1. The lowest BCUT2D eigenvalue weighted by atomic mass is 9.98. The number of aliphatic hydroxyl groups is 1. The Bertz CT molecular complexity index is 1000. The Morgan fingerprint density at radius 3 is 2.79 bits per heavy atom. The van der Waals surface area contributed by atoms with Crippen LogP contribution in [0.25, 0.3) is 21.9 Å². The fraction of sp³-hybridized carbons (Fsp3) is 0.304. The van der Waals surface area contributed by atoms with E-state index in [4.69, 9.17) is 5.11 Å². The van der Waals surface area contributed by atoms with Gasteiger partial charge in [0.1, 0.15) is 0 Å². The standard InChI is InChI=1S/C23H24N4O/c24-15-17-2-1-3-18(12-17)20-13-19-4-7-25-16-22(19)23(14-20)26-21-5-8-27(9-6-21)10-11-28/h1-4,7,12-14,16,21,26,28H,5-6,8-11H2. The van der Waals surface area contributed by atoms with E-state index in [1.165, 1.54) is 0 Å². The molecule has 3 aromatic rings. The van der Waals surface area contributed by atoms with Gasteiger partial charge in [-0.15, -0.1) is 0 Å². The minimum atomic E-state index is 0.220. The van der Waals surface area contributed by atoms with Gasteiger partial charge in [-0.1, -0.05) is 12.1 Å². The van der Waals surface area contributed by atoms with E-state index in [-0.39, 0.29) is 6.61 Å². The summed E-state index contributed by atoms with van der Waals surface area (Å²) in [5.41, 5.74) is 3.89. The largest absolute Gasteiger partial charge is 0.395 e. The summed E-state index contributed by atoms with van der Waals surface area (Å²) in [5.74, 6) is 0. The van der Waals surface area contributed by atoms with Gasteiger partial charge >= 0.3 is 0 Å². The number of anilines is 1. The maximum atomic E-state index is 9.22. The normalized spacial score (nSPS) is 15.4. The highest BCUT2D eigenvalue weighted by molar-refractivity contribution is 5.97. The number of benzene rings is 2. The quantitative estimate of drug-likeness (QED) is 0.715. The van der Waals surface area contributed by atoms with Crippen molar-refractivity contribution in [2.45, 2.75) is 18.9 Å². The summed E-state index contributed by atoms with van der Waals surface area (Å²) in [5, 5.41) is 24.3. The lowest BCUT2D eigenvalue weighted by Gasteiger charge is -2.32. The third-order valence-electron chi connectivity index (χ3n) is 5.44. The van der Waals surface area contributed by atoms with Gasteiger partial charge in [0.15, 0.2) is 0 Å². The number of pyridine rings is 1. The molecule has 0 spiro atoms. The average Bonchev–Trinajstić information content (AvgIpc) is 2.75. The SMILES string of the molecule is N#Cc1cccc(-c2cc(NC3CCN(CCO)CC3)c3cnccc3c2)c1. The molecule has 1 aromatic heterocycles. The zero-order chi connectivity index (χ0) is 19.3. The van der Waals surface area contributed by atoms with E-state index < -0.39 is 0 Å². The molecule has 0 amide bonds. The van der Waals surface area contributed by atoms with Crippen LogP contribution in [0.3, 0.4) is 0 Å².